The lowest BCUT2D eigenvalue weighted by Gasteiger charge is -2.25. The van der Waals surface area contributed by atoms with Crippen LogP contribution in [0.4, 0.5) is 0 Å². The lowest BCUT2D eigenvalue weighted by atomic mass is 9.95. The predicted octanol–water partition coefficient (Wildman–Crippen LogP) is -0.953. The second-order valence-corrected chi connectivity index (χ2v) is 2.88. The van der Waals surface area contributed by atoms with Gasteiger partial charge in [0.1, 0.15) is 6.10 Å². The van der Waals surface area contributed by atoms with Crippen molar-refractivity contribution in [1.82, 2.24) is 5.32 Å². The molecule has 1 rings (SSSR count). The molecule has 1 aliphatic heterocycles. The van der Waals surface area contributed by atoms with Crippen molar-refractivity contribution in [2.45, 2.75) is 19.4 Å². The number of rotatable bonds is 2. The van der Waals surface area contributed by atoms with Crippen LogP contribution in [0, 0.1) is 5.92 Å². The number of carbonyl (C=O) groups excluding carboxylic acids is 2. The monoisotopic (exact) mass is 187 g/mol. The van der Waals surface area contributed by atoms with Gasteiger partial charge in [0, 0.05) is 6.54 Å². The third-order valence-electron chi connectivity index (χ3n) is 1.99. The molecule has 2 atom stereocenters. The Labute approximate surface area is 76.1 Å². The lowest BCUT2D eigenvalue weighted by molar-refractivity contribution is -0.158. The van der Waals surface area contributed by atoms with Crippen molar-refractivity contribution in [1.29, 1.82) is 0 Å². The maximum Gasteiger partial charge on any atom is 0.312 e. The first-order valence-electron chi connectivity index (χ1n) is 4.29. The molecule has 1 fully saturated rings. The maximum absolute atomic E-state index is 11.2. The summed E-state index contributed by atoms with van der Waals surface area (Å²) in [4.78, 5) is 22.1. The molecule has 1 heterocycles. The van der Waals surface area contributed by atoms with Crippen LogP contribution in [-0.2, 0) is 14.3 Å². The number of aliphatic hydroxyl groups excluding tert-OH is 1. The molecule has 1 unspecified atom stereocenters. The van der Waals surface area contributed by atoms with Crippen LogP contribution in [0.15, 0.2) is 0 Å². The van der Waals surface area contributed by atoms with Gasteiger partial charge in [-0.2, -0.15) is 0 Å². The van der Waals surface area contributed by atoms with Crippen LogP contribution in [0.3, 0.4) is 0 Å². The highest BCUT2D eigenvalue weighted by atomic mass is 16.5. The van der Waals surface area contributed by atoms with Crippen LogP contribution < -0.4 is 5.32 Å². The number of carbonyl (C=O) groups is 2. The minimum Gasteiger partial charge on any atom is -0.466 e. The van der Waals surface area contributed by atoms with E-state index in [1.165, 1.54) is 0 Å². The summed E-state index contributed by atoms with van der Waals surface area (Å²) in [5.74, 6) is -1.69. The molecule has 5 heteroatoms. The van der Waals surface area contributed by atoms with Crippen molar-refractivity contribution in [3.63, 3.8) is 0 Å². The highest BCUT2D eigenvalue weighted by Gasteiger charge is 2.36. The van der Waals surface area contributed by atoms with Crippen LogP contribution in [0.25, 0.3) is 0 Å². The van der Waals surface area contributed by atoms with Crippen molar-refractivity contribution in [2.24, 2.45) is 5.92 Å². The van der Waals surface area contributed by atoms with E-state index in [1.807, 2.05) is 0 Å². The molecular weight excluding hydrogens is 174 g/mol. The Kier molecular flexibility index (Phi) is 3.25. The van der Waals surface area contributed by atoms with Crippen molar-refractivity contribution >= 4 is 11.9 Å². The number of aliphatic hydroxyl groups is 1. The Morgan fingerprint density at radius 2 is 2.46 bits per heavy atom. The summed E-state index contributed by atoms with van der Waals surface area (Å²) >= 11 is 0. The zero-order valence-corrected chi connectivity index (χ0v) is 7.45. The Morgan fingerprint density at radius 1 is 1.77 bits per heavy atom. The van der Waals surface area contributed by atoms with E-state index >= 15 is 0 Å². The van der Waals surface area contributed by atoms with Gasteiger partial charge in [-0.1, -0.05) is 0 Å². The molecule has 13 heavy (non-hydrogen) atoms. The van der Waals surface area contributed by atoms with Crippen molar-refractivity contribution in [3.05, 3.63) is 0 Å². The van der Waals surface area contributed by atoms with Gasteiger partial charge < -0.3 is 15.2 Å². The molecule has 1 saturated heterocycles. The molecule has 1 aliphatic rings. The molecule has 0 aromatic carbocycles. The van der Waals surface area contributed by atoms with Gasteiger partial charge in [0.25, 0.3) is 0 Å². The highest BCUT2D eigenvalue weighted by molar-refractivity contribution is 5.88. The number of ether oxygens (including phenoxy) is 1. The average Bonchev–Trinajstić information content (AvgIpc) is 2.10. The lowest BCUT2D eigenvalue weighted by Crippen LogP contribution is -2.49. The zero-order chi connectivity index (χ0) is 9.84. The quantitative estimate of drug-likeness (QED) is 0.546. The first kappa shape index (κ1) is 9.98. The molecule has 1 amide bonds. The minimum absolute atomic E-state index is 0.268. The van der Waals surface area contributed by atoms with Crippen LogP contribution in [-0.4, -0.2) is 36.2 Å². The molecule has 74 valence electrons. The van der Waals surface area contributed by atoms with Gasteiger partial charge in [-0.05, 0) is 13.3 Å². The molecule has 0 aromatic rings. The molecule has 2 N–H and O–H groups in total. The van der Waals surface area contributed by atoms with Gasteiger partial charge >= 0.3 is 5.97 Å². The van der Waals surface area contributed by atoms with E-state index in [1.54, 1.807) is 6.92 Å². The number of amides is 1. The van der Waals surface area contributed by atoms with E-state index in [4.69, 9.17) is 4.74 Å². The van der Waals surface area contributed by atoms with Crippen LogP contribution >= 0.6 is 0 Å². The molecule has 0 radical (unpaired) electrons. The maximum atomic E-state index is 11.2. The molecule has 0 spiro atoms. The molecule has 0 aromatic heterocycles. The molecule has 0 bridgehead atoms. The third kappa shape index (κ3) is 2.18. The van der Waals surface area contributed by atoms with E-state index in [-0.39, 0.29) is 6.61 Å². The predicted molar refractivity (Wildman–Crippen MR) is 43.8 cm³/mol. The van der Waals surface area contributed by atoms with Crippen molar-refractivity contribution in [2.75, 3.05) is 13.2 Å². The smallest absolute Gasteiger partial charge is 0.312 e. The minimum atomic E-state index is -1.26. The Morgan fingerprint density at radius 3 is 3.08 bits per heavy atom. The van der Waals surface area contributed by atoms with Crippen molar-refractivity contribution in [3.8, 4) is 0 Å². The Balaban J connectivity index is 2.57. The topological polar surface area (TPSA) is 75.6 Å². The number of hydrogen-bond donors (Lipinski definition) is 2. The van der Waals surface area contributed by atoms with E-state index in [9.17, 15) is 14.7 Å². The second kappa shape index (κ2) is 4.23. The van der Waals surface area contributed by atoms with E-state index in [0.29, 0.717) is 13.0 Å². The number of piperidine rings is 1. The number of hydrogen-bond acceptors (Lipinski definition) is 4. The largest absolute Gasteiger partial charge is 0.466 e. The van der Waals surface area contributed by atoms with Gasteiger partial charge in [-0.3, -0.25) is 9.59 Å². The standard InChI is InChI=1S/C8H13NO4/c1-2-13-8(12)5-3-4-9-7(11)6(5)10/h5-6,10H,2-4H2,1H3,(H,9,11)/t5?,6-/m0/s1. The van der Waals surface area contributed by atoms with Crippen LogP contribution in [0.1, 0.15) is 13.3 Å². The van der Waals surface area contributed by atoms with Crippen LogP contribution in [0.2, 0.25) is 0 Å². The molecule has 0 saturated carbocycles. The third-order valence-corrected chi connectivity index (χ3v) is 1.99. The summed E-state index contributed by atoms with van der Waals surface area (Å²) in [6.45, 7) is 2.37. The SMILES string of the molecule is CCOC(=O)C1CCNC(=O)[C@H]1O. The van der Waals surface area contributed by atoms with E-state index in [2.05, 4.69) is 5.32 Å². The summed E-state index contributed by atoms with van der Waals surface area (Å²) in [5.41, 5.74) is 0. The Hall–Kier alpha value is -1.10. The molecule has 5 nitrogen and oxygen atoms in total. The first-order chi connectivity index (χ1) is 6.16. The van der Waals surface area contributed by atoms with E-state index in [0.717, 1.165) is 0 Å². The average molecular weight is 187 g/mol. The summed E-state index contributed by atoms with van der Waals surface area (Å²) < 4.78 is 4.72. The highest BCUT2D eigenvalue weighted by Crippen LogP contribution is 2.14. The summed E-state index contributed by atoms with van der Waals surface area (Å²) in [6, 6.07) is 0. The van der Waals surface area contributed by atoms with E-state index < -0.39 is 23.9 Å². The number of nitrogens with one attached hydrogen (secondary N) is 1. The fourth-order valence-electron chi connectivity index (χ4n) is 1.29. The summed E-state index contributed by atoms with van der Waals surface area (Å²) in [6.07, 6.45) is -0.820. The normalized spacial score (nSPS) is 28.0. The van der Waals surface area contributed by atoms with Crippen LogP contribution in [0.5, 0.6) is 0 Å². The second-order valence-electron chi connectivity index (χ2n) is 2.88. The molecule has 0 aliphatic carbocycles. The summed E-state index contributed by atoms with van der Waals surface area (Å²) in [7, 11) is 0. The van der Waals surface area contributed by atoms with Gasteiger partial charge in [0.15, 0.2) is 0 Å². The zero-order valence-electron chi connectivity index (χ0n) is 7.45. The fourth-order valence-corrected chi connectivity index (χ4v) is 1.29. The summed E-state index contributed by atoms with van der Waals surface area (Å²) in [5, 5.41) is 11.8. The fraction of sp³-hybridized carbons (Fsp3) is 0.750. The van der Waals surface area contributed by atoms with Gasteiger partial charge in [-0.25, -0.2) is 0 Å². The van der Waals surface area contributed by atoms with Gasteiger partial charge in [-0.15, -0.1) is 0 Å². The van der Waals surface area contributed by atoms with Gasteiger partial charge in [0.2, 0.25) is 5.91 Å². The molecular formula is C8H13NO4. The van der Waals surface area contributed by atoms with Crippen molar-refractivity contribution < 1.29 is 19.4 Å². The first-order valence-corrected chi connectivity index (χ1v) is 4.29. The van der Waals surface area contributed by atoms with Gasteiger partial charge in [0.05, 0.1) is 12.5 Å². The Bertz CT molecular complexity index is 216. The number of esters is 1.